The summed E-state index contributed by atoms with van der Waals surface area (Å²) in [5.41, 5.74) is 2.97. The largest absolute Gasteiger partial charge is 0.379 e. The molecule has 0 aliphatic carbocycles. The van der Waals surface area contributed by atoms with E-state index < -0.39 is 5.60 Å². The van der Waals surface area contributed by atoms with Crippen LogP contribution in [0.4, 0.5) is 5.69 Å². The Hall–Kier alpha value is -2.92. The molecule has 134 valence electrons. The molecule has 3 aromatic rings. The molecule has 1 aromatic heterocycles. The third-order valence-electron chi connectivity index (χ3n) is 4.56. The van der Waals surface area contributed by atoms with Gasteiger partial charge in [0.15, 0.2) is 0 Å². The second-order valence-corrected chi connectivity index (χ2v) is 6.73. The van der Waals surface area contributed by atoms with Crippen molar-refractivity contribution in [3.63, 3.8) is 0 Å². The van der Waals surface area contributed by atoms with Gasteiger partial charge in [-0.1, -0.05) is 44.2 Å². The molecule has 1 atom stereocenters. The molecule has 0 saturated carbocycles. The molecule has 0 bridgehead atoms. The average molecular weight is 349 g/mol. The number of hydrogen-bond acceptors (Lipinski definition) is 3. The molecule has 0 saturated heterocycles. The monoisotopic (exact) mass is 349 g/mol. The standard InChI is InChI=1S/C21H23N3O2/c1-14(2)21(26,20-12-22-13-23-20)18-8-4-6-16(10-18)17-7-5-9-19(11-17)24-15(3)25/h4-14,26H,1-3H3,(H,22,23)(H,24,25). The van der Waals surface area contributed by atoms with Crippen molar-refractivity contribution in [2.24, 2.45) is 5.92 Å². The van der Waals surface area contributed by atoms with Crippen LogP contribution in [0.25, 0.3) is 11.1 Å². The lowest BCUT2D eigenvalue weighted by Gasteiger charge is -2.32. The number of anilines is 1. The van der Waals surface area contributed by atoms with E-state index in [1.807, 2.05) is 62.4 Å². The van der Waals surface area contributed by atoms with Gasteiger partial charge in [-0.15, -0.1) is 0 Å². The van der Waals surface area contributed by atoms with Crippen LogP contribution in [0.1, 0.15) is 32.0 Å². The van der Waals surface area contributed by atoms with Gasteiger partial charge in [0.2, 0.25) is 5.91 Å². The second-order valence-electron chi connectivity index (χ2n) is 6.73. The van der Waals surface area contributed by atoms with E-state index in [2.05, 4.69) is 15.3 Å². The van der Waals surface area contributed by atoms with Gasteiger partial charge in [-0.2, -0.15) is 0 Å². The van der Waals surface area contributed by atoms with Crippen LogP contribution in [0.3, 0.4) is 0 Å². The van der Waals surface area contributed by atoms with Crippen molar-refractivity contribution in [1.29, 1.82) is 0 Å². The van der Waals surface area contributed by atoms with Gasteiger partial charge in [-0.05, 0) is 40.8 Å². The number of carbonyl (C=O) groups excluding carboxylic acids is 1. The summed E-state index contributed by atoms with van der Waals surface area (Å²) in [6.45, 7) is 5.44. The molecule has 3 N–H and O–H groups in total. The van der Waals surface area contributed by atoms with E-state index in [-0.39, 0.29) is 11.8 Å². The molecular weight excluding hydrogens is 326 g/mol. The molecule has 5 heteroatoms. The molecule has 5 nitrogen and oxygen atoms in total. The van der Waals surface area contributed by atoms with E-state index in [1.165, 1.54) is 6.92 Å². The predicted octanol–water partition coefficient (Wildman–Crippen LogP) is 3.93. The van der Waals surface area contributed by atoms with Gasteiger partial charge >= 0.3 is 0 Å². The lowest BCUT2D eigenvalue weighted by atomic mass is 9.80. The predicted molar refractivity (Wildman–Crippen MR) is 103 cm³/mol. The van der Waals surface area contributed by atoms with Crippen molar-refractivity contribution in [2.75, 3.05) is 5.32 Å². The molecule has 26 heavy (non-hydrogen) atoms. The van der Waals surface area contributed by atoms with Crippen LogP contribution in [-0.2, 0) is 10.4 Å². The normalized spacial score (nSPS) is 13.4. The Balaban J connectivity index is 2.04. The van der Waals surface area contributed by atoms with Crippen molar-refractivity contribution in [2.45, 2.75) is 26.4 Å². The SMILES string of the molecule is CC(=O)Nc1cccc(-c2cccc(C(O)(c3cnc[nH]3)C(C)C)c2)c1. The third kappa shape index (κ3) is 3.39. The summed E-state index contributed by atoms with van der Waals surface area (Å²) in [7, 11) is 0. The first kappa shape index (κ1) is 17.9. The molecular formula is C21H23N3O2. The second kappa shape index (κ2) is 7.14. The van der Waals surface area contributed by atoms with Crippen LogP contribution in [-0.4, -0.2) is 21.0 Å². The number of imidazole rings is 1. The van der Waals surface area contributed by atoms with Gasteiger partial charge in [0.25, 0.3) is 0 Å². The highest BCUT2D eigenvalue weighted by Gasteiger charge is 2.36. The number of aromatic amines is 1. The molecule has 1 heterocycles. The summed E-state index contributed by atoms with van der Waals surface area (Å²) in [6, 6.07) is 15.5. The van der Waals surface area contributed by atoms with Crippen LogP contribution in [0, 0.1) is 5.92 Å². The minimum Gasteiger partial charge on any atom is -0.379 e. The maximum absolute atomic E-state index is 11.4. The van der Waals surface area contributed by atoms with Crippen molar-refractivity contribution in [3.05, 3.63) is 72.3 Å². The lowest BCUT2D eigenvalue weighted by molar-refractivity contribution is -0.114. The average Bonchev–Trinajstić information content (AvgIpc) is 3.15. The maximum atomic E-state index is 11.4. The minimum absolute atomic E-state index is 0.0519. The van der Waals surface area contributed by atoms with E-state index in [9.17, 15) is 9.90 Å². The Bertz CT molecular complexity index is 903. The zero-order valence-corrected chi connectivity index (χ0v) is 15.2. The first-order valence-electron chi connectivity index (χ1n) is 8.61. The van der Waals surface area contributed by atoms with Crippen LogP contribution in [0.2, 0.25) is 0 Å². The Kier molecular flexibility index (Phi) is 4.91. The van der Waals surface area contributed by atoms with Crippen molar-refractivity contribution in [3.8, 4) is 11.1 Å². The van der Waals surface area contributed by atoms with Gasteiger partial charge in [0.1, 0.15) is 5.60 Å². The highest BCUT2D eigenvalue weighted by atomic mass is 16.3. The fourth-order valence-electron chi connectivity index (χ4n) is 3.18. The smallest absolute Gasteiger partial charge is 0.221 e. The Morgan fingerprint density at radius 1 is 1.15 bits per heavy atom. The van der Waals surface area contributed by atoms with Crippen LogP contribution in [0.15, 0.2) is 61.1 Å². The molecule has 1 amide bonds. The fourth-order valence-corrected chi connectivity index (χ4v) is 3.18. The van der Waals surface area contributed by atoms with Gasteiger partial charge in [0, 0.05) is 12.6 Å². The molecule has 0 aliphatic rings. The molecule has 0 spiro atoms. The fraction of sp³-hybridized carbons (Fsp3) is 0.238. The lowest BCUT2D eigenvalue weighted by Crippen LogP contribution is -2.33. The van der Waals surface area contributed by atoms with E-state index in [0.29, 0.717) is 5.69 Å². The first-order chi connectivity index (χ1) is 12.4. The summed E-state index contributed by atoms with van der Waals surface area (Å²) in [4.78, 5) is 18.4. The minimum atomic E-state index is -1.16. The molecule has 0 aliphatic heterocycles. The topological polar surface area (TPSA) is 78.0 Å². The van der Waals surface area contributed by atoms with E-state index >= 15 is 0 Å². The van der Waals surface area contributed by atoms with Crippen LogP contribution >= 0.6 is 0 Å². The Morgan fingerprint density at radius 3 is 2.46 bits per heavy atom. The maximum Gasteiger partial charge on any atom is 0.221 e. The zero-order chi connectivity index (χ0) is 18.7. The number of H-pyrrole nitrogens is 1. The summed E-state index contributed by atoms with van der Waals surface area (Å²) < 4.78 is 0. The summed E-state index contributed by atoms with van der Waals surface area (Å²) in [6.07, 6.45) is 3.23. The van der Waals surface area contributed by atoms with Gasteiger partial charge in [0.05, 0.1) is 18.2 Å². The third-order valence-corrected chi connectivity index (χ3v) is 4.56. The number of aliphatic hydroxyl groups is 1. The number of hydrogen-bond donors (Lipinski definition) is 3. The van der Waals surface area contributed by atoms with Crippen molar-refractivity contribution < 1.29 is 9.90 Å². The number of carbonyl (C=O) groups is 1. The molecule has 3 rings (SSSR count). The molecule has 1 unspecified atom stereocenters. The molecule has 0 fully saturated rings. The van der Waals surface area contributed by atoms with Crippen molar-refractivity contribution in [1.82, 2.24) is 9.97 Å². The van der Waals surface area contributed by atoms with Gasteiger partial charge in [-0.3, -0.25) is 4.79 Å². The Morgan fingerprint density at radius 2 is 1.85 bits per heavy atom. The zero-order valence-electron chi connectivity index (χ0n) is 15.2. The van der Waals surface area contributed by atoms with E-state index in [4.69, 9.17) is 0 Å². The molecule has 0 radical (unpaired) electrons. The summed E-state index contributed by atoms with van der Waals surface area (Å²) >= 11 is 0. The number of nitrogens with one attached hydrogen (secondary N) is 2. The first-order valence-corrected chi connectivity index (χ1v) is 8.61. The quantitative estimate of drug-likeness (QED) is 0.653. The van der Waals surface area contributed by atoms with Gasteiger partial charge < -0.3 is 15.4 Å². The number of aromatic nitrogens is 2. The Labute approximate surface area is 153 Å². The van der Waals surface area contributed by atoms with E-state index in [0.717, 1.165) is 22.4 Å². The number of benzene rings is 2. The van der Waals surface area contributed by atoms with Crippen molar-refractivity contribution >= 4 is 11.6 Å². The van der Waals surface area contributed by atoms with Crippen LogP contribution < -0.4 is 5.32 Å². The number of nitrogens with zero attached hydrogens (tertiary/aromatic N) is 1. The highest BCUT2D eigenvalue weighted by Crippen LogP contribution is 2.37. The highest BCUT2D eigenvalue weighted by molar-refractivity contribution is 5.89. The molecule has 2 aromatic carbocycles. The number of amides is 1. The van der Waals surface area contributed by atoms with E-state index in [1.54, 1.807) is 12.5 Å². The van der Waals surface area contributed by atoms with Gasteiger partial charge in [-0.25, -0.2) is 4.98 Å². The summed E-state index contributed by atoms with van der Waals surface area (Å²) in [5, 5.41) is 14.2. The summed E-state index contributed by atoms with van der Waals surface area (Å²) in [5.74, 6) is -0.159. The number of rotatable bonds is 5. The van der Waals surface area contributed by atoms with Crippen LogP contribution in [0.5, 0.6) is 0 Å².